The SMILES string of the molecule is COCC(C)Oc1cc2c(cc1Cl)C(N)C(=O)N2. The molecule has 1 aromatic carbocycles. The van der Waals surface area contributed by atoms with Crippen LogP contribution in [0.1, 0.15) is 18.5 Å². The van der Waals surface area contributed by atoms with Gasteiger partial charge in [-0.3, -0.25) is 4.79 Å². The zero-order chi connectivity index (χ0) is 13.3. The number of hydrogen-bond acceptors (Lipinski definition) is 4. The third-order valence-electron chi connectivity index (χ3n) is 2.71. The lowest BCUT2D eigenvalue weighted by Gasteiger charge is -2.16. The van der Waals surface area contributed by atoms with Crippen LogP contribution in [0.5, 0.6) is 5.75 Å². The molecule has 1 aliphatic rings. The van der Waals surface area contributed by atoms with Gasteiger partial charge in [0.25, 0.3) is 0 Å². The minimum atomic E-state index is -0.664. The molecule has 2 rings (SSSR count). The van der Waals surface area contributed by atoms with Gasteiger partial charge in [-0.1, -0.05) is 11.6 Å². The fourth-order valence-corrected chi connectivity index (χ4v) is 2.08. The number of halogens is 1. The summed E-state index contributed by atoms with van der Waals surface area (Å²) in [6.45, 7) is 2.33. The highest BCUT2D eigenvalue weighted by atomic mass is 35.5. The summed E-state index contributed by atoms with van der Waals surface area (Å²) < 4.78 is 10.6. The van der Waals surface area contributed by atoms with Crippen LogP contribution in [0, 0.1) is 0 Å². The van der Waals surface area contributed by atoms with Gasteiger partial charge in [0.15, 0.2) is 0 Å². The Morgan fingerprint density at radius 2 is 2.28 bits per heavy atom. The number of nitrogens with one attached hydrogen (secondary N) is 1. The van der Waals surface area contributed by atoms with Crippen molar-refractivity contribution in [3.05, 3.63) is 22.7 Å². The smallest absolute Gasteiger partial charge is 0.245 e. The fourth-order valence-electron chi connectivity index (χ4n) is 1.86. The average Bonchev–Trinajstić information content (AvgIpc) is 2.57. The zero-order valence-electron chi connectivity index (χ0n) is 10.2. The summed E-state index contributed by atoms with van der Waals surface area (Å²) in [6, 6.07) is 2.69. The number of hydrogen-bond donors (Lipinski definition) is 2. The van der Waals surface area contributed by atoms with Crippen LogP contribution in [0.15, 0.2) is 12.1 Å². The molecule has 2 atom stereocenters. The first-order valence-electron chi connectivity index (χ1n) is 5.58. The molecule has 1 aromatic rings. The van der Waals surface area contributed by atoms with Crippen molar-refractivity contribution < 1.29 is 14.3 Å². The van der Waals surface area contributed by atoms with E-state index in [2.05, 4.69) is 5.32 Å². The van der Waals surface area contributed by atoms with Crippen molar-refractivity contribution in [2.24, 2.45) is 5.73 Å². The van der Waals surface area contributed by atoms with E-state index in [-0.39, 0.29) is 12.0 Å². The average molecular weight is 271 g/mol. The van der Waals surface area contributed by atoms with Crippen LogP contribution in [0.4, 0.5) is 5.69 Å². The number of anilines is 1. The van der Waals surface area contributed by atoms with E-state index in [1.165, 1.54) is 0 Å². The number of amides is 1. The van der Waals surface area contributed by atoms with Gasteiger partial charge in [-0.2, -0.15) is 0 Å². The lowest BCUT2D eigenvalue weighted by molar-refractivity contribution is -0.116. The molecule has 5 nitrogen and oxygen atoms in total. The van der Waals surface area contributed by atoms with E-state index >= 15 is 0 Å². The van der Waals surface area contributed by atoms with Crippen molar-refractivity contribution in [2.45, 2.75) is 19.1 Å². The summed E-state index contributed by atoms with van der Waals surface area (Å²) in [5.41, 5.74) is 7.07. The van der Waals surface area contributed by atoms with Gasteiger partial charge in [0.1, 0.15) is 17.9 Å². The number of rotatable bonds is 4. The maximum atomic E-state index is 11.4. The van der Waals surface area contributed by atoms with Gasteiger partial charge in [0.05, 0.1) is 11.6 Å². The van der Waals surface area contributed by atoms with Crippen LogP contribution >= 0.6 is 11.6 Å². The molecule has 3 N–H and O–H groups in total. The molecule has 0 bridgehead atoms. The van der Waals surface area contributed by atoms with Crippen LogP contribution in [0.3, 0.4) is 0 Å². The molecular weight excluding hydrogens is 256 g/mol. The van der Waals surface area contributed by atoms with Crippen molar-refractivity contribution in [2.75, 3.05) is 19.0 Å². The van der Waals surface area contributed by atoms with E-state index in [0.29, 0.717) is 28.6 Å². The monoisotopic (exact) mass is 270 g/mol. The number of methoxy groups -OCH3 is 1. The summed E-state index contributed by atoms with van der Waals surface area (Å²) in [4.78, 5) is 11.4. The van der Waals surface area contributed by atoms with Gasteiger partial charge >= 0.3 is 0 Å². The summed E-state index contributed by atoms with van der Waals surface area (Å²) >= 11 is 6.10. The molecule has 0 saturated heterocycles. The Labute approximate surface area is 110 Å². The van der Waals surface area contributed by atoms with E-state index < -0.39 is 6.04 Å². The predicted molar refractivity (Wildman–Crippen MR) is 69.0 cm³/mol. The van der Waals surface area contributed by atoms with Gasteiger partial charge < -0.3 is 20.5 Å². The van der Waals surface area contributed by atoms with Gasteiger partial charge in [-0.25, -0.2) is 0 Å². The molecule has 6 heteroatoms. The first kappa shape index (κ1) is 13.1. The molecule has 1 aliphatic heterocycles. The van der Waals surface area contributed by atoms with Crippen molar-refractivity contribution >= 4 is 23.2 Å². The minimum absolute atomic E-state index is 0.128. The largest absolute Gasteiger partial charge is 0.487 e. The molecule has 0 saturated carbocycles. The number of fused-ring (bicyclic) bond motifs is 1. The van der Waals surface area contributed by atoms with Crippen molar-refractivity contribution in [3.63, 3.8) is 0 Å². The Balaban J connectivity index is 2.24. The molecule has 0 radical (unpaired) electrons. The second kappa shape index (κ2) is 5.14. The summed E-state index contributed by atoms with van der Waals surface area (Å²) in [5, 5.41) is 3.12. The molecule has 1 heterocycles. The Morgan fingerprint density at radius 3 is 2.94 bits per heavy atom. The second-order valence-corrected chi connectivity index (χ2v) is 4.63. The van der Waals surface area contributed by atoms with E-state index in [1.807, 2.05) is 6.92 Å². The molecule has 0 fully saturated rings. The Bertz CT molecular complexity index is 479. The molecule has 1 amide bonds. The predicted octanol–water partition coefficient (Wildman–Crippen LogP) is 1.71. The molecule has 0 aromatic heterocycles. The first-order chi connectivity index (χ1) is 8.52. The second-order valence-electron chi connectivity index (χ2n) is 4.22. The van der Waals surface area contributed by atoms with Crippen LogP contribution in [0.25, 0.3) is 0 Å². The third-order valence-corrected chi connectivity index (χ3v) is 3.00. The van der Waals surface area contributed by atoms with Crippen LogP contribution in [-0.2, 0) is 9.53 Å². The molecule has 98 valence electrons. The van der Waals surface area contributed by atoms with Crippen molar-refractivity contribution in [3.8, 4) is 5.75 Å². The van der Waals surface area contributed by atoms with Crippen molar-refractivity contribution in [1.29, 1.82) is 0 Å². The minimum Gasteiger partial charge on any atom is -0.487 e. The number of carbonyl (C=O) groups excluding carboxylic acids is 1. The van der Waals surface area contributed by atoms with E-state index in [0.717, 1.165) is 0 Å². The normalized spacial score (nSPS) is 19.3. The summed E-state index contributed by atoms with van der Waals surface area (Å²) in [6.07, 6.45) is -0.128. The molecule has 18 heavy (non-hydrogen) atoms. The molecule has 0 spiro atoms. The van der Waals surface area contributed by atoms with Gasteiger partial charge in [0.2, 0.25) is 5.91 Å². The highest BCUT2D eigenvalue weighted by Gasteiger charge is 2.28. The Hall–Kier alpha value is -1.30. The molecule has 0 aliphatic carbocycles. The highest BCUT2D eigenvalue weighted by molar-refractivity contribution is 6.32. The van der Waals surface area contributed by atoms with E-state index in [9.17, 15) is 4.79 Å². The number of ether oxygens (including phenoxy) is 2. The summed E-state index contributed by atoms with van der Waals surface area (Å²) in [5.74, 6) is 0.275. The zero-order valence-corrected chi connectivity index (χ0v) is 11.0. The van der Waals surface area contributed by atoms with E-state index in [1.54, 1.807) is 19.2 Å². The van der Waals surface area contributed by atoms with Gasteiger partial charge in [-0.05, 0) is 13.0 Å². The first-order valence-corrected chi connectivity index (χ1v) is 5.96. The number of carbonyl (C=O) groups is 1. The maximum Gasteiger partial charge on any atom is 0.245 e. The third kappa shape index (κ3) is 2.43. The quantitative estimate of drug-likeness (QED) is 0.873. The maximum absolute atomic E-state index is 11.4. The number of nitrogens with two attached hydrogens (primary N) is 1. The lowest BCUT2D eigenvalue weighted by Crippen LogP contribution is -2.19. The van der Waals surface area contributed by atoms with Gasteiger partial charge in [0, 0.05) is 24.4 Å². The Morgan fingerprint density at radius 1 is 1.56 bits per heavy atom. The highest BCUT2D eigenvalue weighted by Crippen LogP contribution is 2.37. The summed E-state index contributed by atoms with van der Waals surface area (Å²) in [7, 11) is 1.60. The topological polar surface area (TPSA) is 73.6 Å². The fraction of sp³-hybridized carbons (Fsp3) is 0.417. The van der Waals surface area contributed by atoms with E-state index in [4.69, 9.17) is 26.8 Å². The molecular formula is C12H15ClN2O3. The van der Waals surface area contributed by atoms with Crippen LogP contribution in [0.2, 0.25) is 5.02 Å². The Kier molecular flexibility index (Phi) is 3.75. The lowest BCUT2D eigenvalue weighted by atomic mass is 10.1. The van der Waals surface area contributed by atoms with Gasteiger partial charge in [-0.15, -0.1) is 0 Å². The molecule has 2 unspecified atom stereocenters. The van der Waals surface area contributed by atoms with Crippen LogP contribution in [-0.4, -0.2) is 25.7 Å². The number of benzene rings is 1. The van der Waals surface area contributed by atoms with Crippen molar-refractivity contribution in [1.82, 2.24) is 0 Å². The van der Waals surface area contributed by atoms with Crippen LogP contribution < -0.4 is 15.8 Å². The standard InChI is InChI=1S/C12H15ClN2O3/c1-6(5-17-2)18-10-4-9-7(3-8(10)13)11(14)12(16)15-9/h3-4,6,11H,5,14H2,1-2H3,(H,15,16).